The monoisotopic (exact) mass is 458 g/mol. The van der Waals surface area contributed by atoms with Gasteiger partial charge in [0.05, 0.1) is 18.4 Å². The van der Waals surface area contributed by atoms with Crippen molar-refractivity contribution in [1.29, 1.82) is 5.26 Å². The van der Waals surface area contributed by atoms with Gasteiger partial charge in [-0.25, -0.2) is 18.2 Å². The smallest absolute Gasteiger partial charge is 0.404 e. The molecule has 3 aromatic heterocycles. The maximum Gasteiger partial charge on any atom is 0.404 e. The predicted octanol–water partition coefficient (Wildman–Crippen LogP) is 1.85. The van der Waals surface area contributed by atoms with Crippen LogP contribution in [-0.2, 0) is 9.84 Å². The molecule has 0 bridgehead atoms. The highest BCUT2D eigenvalue weighted by molar-refractivity contribution is 7.90. The highest BCUT2D eigenvalue weighted by Gasteiger charge is 2.29. The average molecular weight is 459 g/mol. The lowest BCUT2D eigenvalue weighted by Crippen LogP contribution is -2.26. The van der Waals surface area contributed by atoms with Crippen LogP contribution in [0.3, 0.4) is 0 Å². The minimum Gasteiger partial charge on any atom is -0.481 e. The molecule has 1 aliphatic rings. The Kier molecular flexibility index (Phi) is 6.89. The maximum atomic E-state index is 10.4. The Hall–Kier alpha value is -3.72. The van der Waals surface area contributed by atoms with E-state index in [0.717, 1.165) is 41.7 Å². The third-order valence-corrected chi connectivity index (χ3v) is 5.49. The molecule has 11 nitrogen and oxygen atoms in total. The van der Waals surface area contributed by atoms with E-state index in [1.54, 1.807) is 30.1 Å². The third kappa shape index (κ3) is 5.92. The van der Waals surface area contributed by atoms with Crippen LogP contribution in [0, 0.1) is 11.3 Å². The first-order chi connectivity index (χ1) is 15.2. The highest BCUT2D eigenvalue weighted by atomic mass is 32.2. The van der Waals surface area contributed by atoms with Crippen molar-refractivity contribution in [2.75, 3.05) is 25.7 Å². The number of hydrogen-bond donors (Lipinski definition) is 2. The summed E-state index contributed by atoms with van der Waals surface area (Å²) in [6.07, 6.45) is 5.40. The Balaban J connectivity index is 0.000000247. The zero-order valence-corrected chi connectivity index (χ0v) is 18.3. The van der Waals surface area contributed by atoms with Gasteiger partial charge in [0.25, 0.3) is 0 Å². The van der Waals surface area contributed by atoms with Crippen molar-refractivity contribution in [2.45, 2.75) is 18.8 Å². The van der Waals surface area contributed by atoms with Gasteiger partial charge in [-0.2, -0.15) is 9.78 Å². The van der Waals surface area contributed by atoms with E-state index in [9.17, 15) is 13.2 Å². The third-order valence-electron chi connectivity index (χ3n) is 4.54. The van der Waals surface area contributed by atoms with Crippen molar-refractivity contribution in [3.63, 3.8) is 0 Å². The summed E-state index contributed by atoms with van der Waals surface area (Å²) >= 11 is 0. The van der Waals surface area contributed by atoms with Crippen LogP contribution in [0.1, 0.15) is 30.1 Å². The molecule has 3 heterocycles. The molecule has 1 saturated carbocycles. The highest BCUT2D eigenvalue weighted by Crippen LogP contribution is 2.39. The Morgan fingerprint density at radius 2 is 2.12 bits per heavy atom. The largest absolute Gasteiger partial charge is 0.481 e. The summed E-state index contributed by atoms with van der Waals surface area (Å²) in [5, 5.41) is 23.6. The Bertz CT molecular complexity index is 1280. The molecule has 12 heteroatoms. The topological polar surface area (TPSA) is 160 Å². The van der Waals surface area contributed by atoms with E-state index >= 15 is 0 Å². The van der Waals surface area contributed by atoms with E-state index in [1.165, 1.54) is 0 Å². The number of ether oxygens (including phenoxy) is 1. The van der Waals surface area contributed by atoms with Gasteiger partial charge in [-0.05, 0) is 25.0 Å². The number of nitrogens with zero attached hydrogens (tertiary/aromatic N) is 5. The minimum atomic E-state index is -3.05. The molecule has 32 heavy (non-hydrogen) atoms. The minimum absolute atomic E-state index is 0.0475. The van der Waals surface area contributed by atoms with Gasteiger partial charge in [0.15, 0.2) is 11.5 Å². The number of pyridine rings is 2. The van der Waals surface area contributed by atoms with Gasteiger partial charge in [0, 0.05) is 48.3 Å². The molecule has 2 N–H and O–H groups in total. The summed E-state index contributed by atoms with van der Waals surface area (Å²) in [4.78, 5) is 18.6. The number of aromatic nitrogens is 4. The van der Waals surface area contributed by atoms with E-state index in [4.69, 9.17) is 15.1 Å². The van der Waals surface area contributed by atoms with Crippen molar-refractivity contribution in [3.8, 4) is 23.1 Å². The quantitative estimate of drug-likeness (QED) is 0.562. The summed E-state index contributed by atoms with van der Waals surface area (Å²) in [6.45, 7) is -0.0475. The molecular formula is C20H22N6O5S. The van der Waals surface area contributed by atoms with Crippen LogP contribution in [0.25, 0.3) is 16.8 Å². The average Bonchev–Trinajstić information content (AvgIpc) is 3.50. The van der Waals surface area contributed by atoms with Gasteiger partial charge in [-0.15, -0.1) is 5.10 Å². The summed E-state index contributed by atoms with van der Waals surface area (Å²) < 4.78 is 27.9. The predicted molar refractivity (Wildman–Crippen MR) is 115 cm³/mol. The lowest BCUT2D eigenvalue weighted by Gasteiger charge is -2.06. The van der Waals surface area contributed by atoms with E-state index < -0.39 is 15.9 Å². The van der Waals surface area contributed by atoms with E-state index in [2.05, 4.69) is 21.1 Å². The van der Waals surface area contributed by atoms with Gasteiger partial charge in [0.2, 0.25) is 5.88 Å². The number of fused-ring (bicyclic) bond motifs is 1. The first kappa shape index (κ1) is 23.0. The van der Waals surface area contributed by atoms with Crippen molar-refractivity contribution in [2.24, 2.45) is 0 Å². The molecule has 1 amide bonds. The molecule has 0 saturated heterocycles. The fourth-order valence-electron chi connectivity index (χ4n) is 2.84. The van der Waals surface area contributed by atoms with E-state index in [0.29, 0.717) is 17.4 Å². The summed E-state index contributed by atoms with van der Waals surface area (Å²) in [5.41, 5.74) is 3.00. The van der Waals surface area contributed by atoms with Crippen LogP contribution in [0.4, 0.5) is 4.79 Å². The van der Waals surface area contributed by atoms with Crippen molar-refractivity contribution in [3.05, 3.63) is 42.0 Å². The molecule has 4 rings (SSSR count). The van der Waals surface area contributed by atoms with Crippen LogP contribution in [0.15, 0.2) is 30.6 Å². The van der Waals surface area contributed by atoms with Crippen LogP contribution in [-0.4, -0.2) is 64.9 Å². The van der Waals surface area contributed by atoms with Gasteiger partial charge >= 0.3 is 6.09 Å². The molecular weight excluding hydrogens is 436 g/mol. The first-order valence-corrected chi connectivity index (χ1v) is 11.7. The van der Waals surface area contributed by atoms with Gasteiger partial charge < -0.3 is 15.2 Å². The molecule has 3 aromatic rings. The summed E-state index contributed by atoms with van der Waals surface area (Å²) in [5.74, 6) is 1.80. The molecule has 0 aromatic carbocycles. The zero-order chi connectivity index (χ0) is 23.3. The number of methoxy groups -OCH3 is 1. The normalized spacial score (nSPS) is 13.0. The van der Waals surface area contributed by atoms with Crippen LogP contribution in [0.2, 0.25) is 0 Å². The standard InChI is InChI=1S/C16H13N5O.C4H9NO4S/c1-22-14-5-4-13(12-6-10(7-17)8-18-9-12)16-19-15(11-2-3-11)20-21(14)16;1-10(8,9)3-2-5-4(6)7/h4-6,8-9,11H,2-3H2,1H3;5H,2-3H2,1H3,(H,6,7). The van der Waals surface area contributed by atoms with Crippen molar-refractivity contribution >= 4 is 21.6 Å². The number of nitriles is 1. The Morgan fingerprint density at radius 1 is 1.38 bits per heavy atom. The fraction of sp³-hybridized carbons (Fsp3) is 0.350. The van der Waals surface area contributed by atoms with Crippen molar-refractivity contribution < 1.29 is 23.1 Å². The van der Waals surface area contributed by atoms with E-state index in [1.807, 2.05) is 17.4 Å². The Morgan fingerprint density at radius 3 is 2.72 bits per heavy atom. The maximum absolute atomic E-state index is 10.4. The van der Waals surface area contributed by atoms with Crippen molar-refractivity contribution in [1.82, 2.24) is 24.9 Å². The molecule has 1 fully saturated rings. The SMILES string of the molecule is COc1ccc(-c2cncc(C#N)c2)c2nc(C3CC3)nn12.CS(=O)(=O)CCNC(=O)O. The number of rotatable bonds is 6. The first-order valence-electron chi connectivity index (χ1n) is 9.65. The van der Waals surface area contributed by atoms with Gasteiger partial charge in [0.1, 0.15) is 15.9 Å². The molecule has 0 aliphatic heterocycles. The molecule has 1 aliphatic carbocycles. The summed E-state index contributed by atoms with van der Waals surface area (Å²) in [7, 11) is -1.43. The molecule has 0 atom stereocenters. The van der Waals surface area contributed by atoms with Gasteiger partial charge in [-0.3, -0.25) is 4.98 Å². The molecule has 0 radical (unpaired) electrons. The summed E-state index contributed by atoms with van der Waals surface area (Å²) in [6, 6.07) is 7.70. The van der Waals surface area contributed by atoms with Crippen LogP contribution >= 0.6 is 0 Å². The molecule has 0 unspecified atom stereocenters. The second kappa shape index (κ2) is 9.61. The second-order valence-corrected chi connectivity index (χ2v) is 9.46. The number of amides is 1. The van der Waals surface area contributed by atoms with Gasteiger partial charge in [-0.1, -0.05) is 0 Å². The number of carbonyl (C=O) groups is 1. The molecule has 0 spiro atoms. The van der Waals surface area contributed by atoms with E-state index in [-0.39, 0.29) is 12.3 Å². The van der Waals surface area contributed by atoms with Crippen LogP contribution in [0.5, 0.6) is 5.88 Å². The van der Waals surface area contributed by atoms with Crippen LogP contribution < -0.4 is 10.1 Å². The molecule has 168 valence electrons. The second-order valence-electron chi connectivity index (χ2n) is 7.20. The number of sulfone groups is 1. The number of carboxylic acid groups (broad SMARTS) is 1. The Labute approximate surface area is 184 Å². The number of hydrogen-bond acceptors (Lipinski definition) is 8. The lowest BCUT2D eigenvalue weighted by atomic mass is 10.1. The fourth-order valence-corrected chi connectivity index (χ4v) is 3.31. The number of nitrogens with one attached hydrogen (secondary N) is 1. The lowest BCUT2D eigenvalue weighted by molar-refractivity contribution is 0.195. The zero-order valence-electron chi connectivity index (χ0n) is 17.5.